The first-order valence-corrected chi connectivity index (χ1v) is 6.31. The Hall–Kier alpha value is -1.45. The Morgan fingerprint density at radius 2 is 2.31 bits per heavy atom. The van der Waals surface area contributed by atoms with Crippen molar-refractivity contribution in [2.24, 2.45) is 0 Å². The Labute approximate surface area is 96.0 Å². The third-order valence-electron chi connectivity index (χ3n) is 1.40. The molecule has 0 saturated heterocycles. The van der Waals surface area contributed by atoms with Crippen molar-refractivity contribution in [3.8, 4) is 0 Å². The number of aromatic nitrogens is 1. The number of rotatable bonds is 5. The lowest BCUT2D eigenvalue weighted by Crippen LogP contribution is -2.26. The van der Waals surface area contributed by atoms with Gasteiger partial charge in [0, 0.05) is 24.2 Å². The van der Waals surface area contributed by atoms with Crippen LogP contribution in [-0.2, 0) is 15.0 Å². The minimum Gasteiger partial charge on any atom is -0.478 e. The molecule has 16 heavy (non-hydrogen) atoms. The van der Waals surface area contributed by atoms with Gasteiger partial charge in [-0.25, -0.2) is 19.2 Å². The summed E-state index contributed by atoms with van der Waals surface area (Å²) in [4.78, 5) is 14.5. The normalized spacial score (nSPS) is 11.8. The summed E-state index contributed by atoms with van der Waals surface area (Å²) in [6.45, 7) is 0. The number of carbonyl (C=O) groups is 1. The SMILES string of the molecule is CNS(=O)(=O)Nc1ncc(/C=C/C(=O)O)s1. The molecule has 88 valence electrons. The maximum Gasteiger partial charge on any atom is 0.328 e. The zero-order valence-electron chi connectivity index (χ0n) is 8.17. The van der Waals surface area contributed by atoms with Crippen LogP contribution in [0.15, 0.2) is 12.3 Å². The van der Waals surface area contributed by atoms with Crippen molar-refractivity contribution in [1.29, 1.82) is 0 Å². The quantitative estimate of drug-likeness (QED) is 0.654. The first-order chi connectivity index (χ1) is 7.43. The second kappa shape index (κ2) is 5.05. The fourth-order valence-corrected chi connectivity index (χ4v) is 2.18. The van der Waals surface area contributed by atoms with E-state index in [-0.39, 0.29) is 5.13 Å². The molecule has 0 spiro atoms. The molecule has 9 heteroatoms. The van der Waals surface area contributed by atoms with Gasteiger partial charge in [0.1, 0.15) is 0 Å². The number of hydrogen-bond acceptors (Lipinski definition) is 5. The lowest BCUT2D eigenvalue weighted by atomic mass is 10.4. The predicted octanol–water partition coefficient (Wildman–Crippen LogP) is 0.117. The molecule has 1 heterocycles. The number of anilines is 1. The molecule has 3 N–H and O–H groups in total. The zero-order valence-corrected chi connectivity index (χ0v) is 9.80. The highest BCUT2D eigenvalue weighted by molar-refractivity contribution is 7.91. The summed E-state index contributed by atoms with van der Waals surface area (Å²) in [5, 5.41) is 8.55. The van der Waals surface area contributed by atoms with E-state index >= 15 is 0 Å². The molecule has 1 rings (SSSR count). The number of carboxylic acid groups (broad SMARTS) is 1. The second-order valence-corrected chi connectivity index (χ2v) is 5.23. The Morgan fingerprint density at radius 3 is 2.88 bits per heavy atom. The Morgan fingerprint density at radius 1 is 1.62 bits per heavy atom. The average molecular weight is 263 g/mol. The van der Waals surface area contributed by atoms with Gasteiger partial charge in [0.25, 0.3) is 0 Å². The molecule has 0 aliphatic carbocycles. The summed E-state index contributed by atoms with van der Waals surface area (Å²) in [6, 6.07) is 0. The molecule has 0 amide bonds. The van der Waals surface area contributed by atoms with Gasteiger partial charge in [-0.1, -0.05) is 11.3 Å². The van der Waals surface area contributed by atoms with Gasteiger partial charge in [-0.15, -0.1) is 0 Å². The van der Waals surface area contributed by atoms with E-state index in [2.05, 4.69) is 14.4 Å². The molecule has 0 aliphatic heterocycles. The first-order valence-electron chi connectivity index (χ1n) is 4.01. The van der Waals surface area contributed by atoms with Crippen LogP contribution in [0.3, 0.4) is 0 Å². The van der Waals surface area contributed by atoms with Crippen molar-refractivity contribution in [3.05, 3.63) is 17.2 Å². The third-order valence-corrected chi connectivity index (χ3v) is 3.41. The molecular weight excluding hydrogens is 254 g/mol. The largest absolute Gasteiger partial charge is 0.478 e. The number of hydrogen-bond donors (Lipinski definition) is 3. The molecule has 0 unspecified atom stereocenters. The topological polar surface area (TPSA) is 108 Å². The van der Waals surface area contributed by atoms with Crippen molar-refractivity contribution in [2.45, 2.75) is 0 Å². The van der Waals surface area contributed by atoms with Crippen LogP contribution in [0.25, 0.3) is 6.08 Å². The molecule has 0 saturated carbocycles. The molecule has 0 radical (unpaired) electrons. The maximum atomic E-state index is 11.1. The summed E-state index contributed by atoms with van der Waals surface area (Å²) in [5.41, 5.74) is 0. The van der Waals surface area contributed by atoms with Gasteiger partial charge in [-0.05, 0) is 6.08 Å². The van der Waals surface area contributed by atoms with Crippen molar-refractivity contribution < 1.29 is 18.3 Å². The first kappa shape index (κ1) is 12.6. The van der Waals surface area contributed by atoms with E-state index in [1.165, 1.54) is 19.3 Å². The van der Waals surface area contributed by atoms with Crippen LogP contribution in [0, 0.1) is 0 Å². The summed E-state index contributed by atoms with van der Waals surface area (Å²) in [5.74, 6) is -1.08. The van der Waals surface area contributed by atoms with Crippen LogP contribution in [0.4, 0.5) is 5.13 Å². The van der Waals surface area contributed by atoms with E-state index in [4.69, 9.17) is 5.11 Å². The summed E-state index contributed by atoms with van der Waals surface area (Å²) in [7, 11) is -2.32. The van der Waals surface area contributed by atoms with Crippen LogP contribution in [0.2, 0.25) is 0 Å². The average Bonchev–Trinajstić information content (AvgIpc) is 2.62. The van der Waals surface area contributed by atoms with Crippen LogP contribution < -0.4 is 9.44 Å². The van der Waals surface area contributed by atoms with E-state index in [0.29, 0.717) is 4.88 Å². The second-order valence-electron chi connectivity index (χ2n) is 2.55. The summed E-state index contributed by atoms with van der Waals surface area (Å²) >= 11 is 1.03. The van der Waals surface area contributed by atoms with Crippen molar-refractivity contribution in [2.75, 3.05) is 11.8 Å². The van der Waals surface area contributed by atoms with Gasteiger partial charge < -0.3 is 5.11 Å². The lowest BCUT2D eigenvalue weighted by molar-refractivity contribution is -0.131. The van der Waals surface area contributed by atoms with Crippen LogP contribution in [-0.4, -0.2) is 31.5 Å². The molecular formula is C7H9N3O4S2. The Bertz CT molecular complexity index is 505. The highest BCUT2D eigenvalue weighted by atomic mass is 32.2. The Kier molecular flexibility index (Phi) is 3.99. The predicted molar refractivity (Wildman–Crippen MR) is 60.4 cm³/mol. The lowest BCUT2D eigenvalue weighted by Gasteiger charge is -2.00. The molecule has 7 nitrogen and oxygen atoms in total. The van der Waals surface area contributed by atoms with E-state index in [0.717, 1.165) is 17.4 Å². The number of nitrogens with one attached hydrogen (secondary N) is 2. The minimum atomic E-state index is -3.58. The van der Waals surface area contributed by atoms with Gasteiger partial charge >= 0.3 is 16.2 Å². The number of nitrogens with zero attached hydrogens (tertiary/aromatic N) is 1. The fourth-order valence-electron chi connectivity index (χ4n) is 0.730. The van der Waals surface area contributed by atoms with Crippen LogP contribution >= 0.6 is 11.3 Å². The third kappa shape index (κ3) is 3.96. The molecule has 0 aliphatic rings. The van der Waals surface area contributed by atoms with E-state index < -0.39 is 16.2 Å². The van der Waals surface area contributed by atoms with Crippen LogP contribution in [0.5, 0.6) is 0 Å². The van der Waals surface area contributed by atoms with E-state index in [9.17, 15) is 13.2 Å². The van der Waals surface area contributed by atoms with E-state index in [1.807, 2.05) is 0 Å². The van der Waals surface area contributed by atoms with Gasteiger partial charge in [-0.2, -0.15) is 8.42 Å². The van der Waals surface area contributed by atoms with Gasteiger partial charge in [-0.3, -0.25) is 0 Å². The number of carboxylic acids is 1. The van der Waals surface area contributed by atoms with Crippen LogP contribution in [0.1, 0.15) is 4.88 Å². The monoisotopic (exact) mass is 263 g/mol. The Balaban J connectivity index is 2.76. The van der Waals surface area contributed by atoms with Gasteiger partial charge in [0.15, 0.2) is 5.13 Å². The number of aliphatic carboxylic acids is 1. The van der Waals surface area contributed by atoms with Crippen molar-refractivity contribution in [3.63, 3.8) is 0 Å². The molecule has 0 bridgehead atoms. The smallest absolute Gasteiger partial charge is 0.328 e. The standard InChI is InChI=1S/C7H9N3O4S2/c1-8-16(13,14)10-7-9-4-5(15-7)2-3-6(11)12/h2-4,8H,1H3,(H,9,10)(H,11,12)/b3-2+. The van der Waals surface area contributed by atoms with E-state index in [1.54, 1.807) is 0 Å². The minimum absolute atomic E-state index is 0.166. The van der Waals surface area contributed by atoms with Gasteiger partial charge in [0.05, 0.1) is 0 Å². The highest BCUT2D eigenvalue weighted by Gasteiger charge is 2.08. The van der Waals surface area contributed by atoms with Gasteiger partial charge in [0.2, 0.25) is 0 Å². The summed E-state index contributed by atoms with van der Waals surface area (Å²) < 4.78 is 26.4. The highest BCUT2D eigenvalue weighted by Crippen LogP contribution is 2.19. The number of thiazole rings is 1. The molecule has 0 aromatic carbocycles. The molecule has 0 atom stereocenters. The zero-order chi connectivity index (χ0) is 12.2. The van der Waals surface area contributed by atoms with Crippen molar-refractivity contribution in [1.82, 2.24) is 9.71 Å². The molecule has 1 aromatic rings. The summed E-state index contributed by atoms with van der Waals surface area (Å²) in [6.07, 6.45) is 3.65. The molecule has 1 aromatic heterocycles. The fraction of sp³-hybridized carbons (Fsp3) is 0.143. The molecule has 0 fully saturated rings. The van der Waals surface area contributed by atoms with Crippen molar-refractivity contribution >= 4 is 38.7 Å². The maximum absolute atomic E-state index is 11.1.